The molecule has 4 rings (SSSR count). The fourth-order valence-electron chi connectivity index (χ4n) is 2.31. The number of hydrogen-bond donors (Lipinski definition) is 0. The van der Waals surface area contributed by atoms with Crippen molar-refractivity contribution >= 4 is 17.2 Å². The molecule has 0 aliphatic carbocycles. The first kappa shape index (κ1) is 10.4. The topological polar surface area (TPSA) is 56.0 Å². The molecule has 5 heteroatoms. The van der Waals surface area contributed by atoms with Crippen molar-refractivity contribution in [2.45, 2.75) is 6.42 Å². The van der Waals surface area contributed by atoms with Gasteiger partial charge in [-0.25, -0.2) is 9.97 Å². The van der Waals surface area contributed by atoms with Crippen LogP contribution in [-0.2, 0) is 6.42 Å². The van der Waals surface area contributed by atoms with Gasteiger partial charge in [0.1, 0.15) is 0 Å². The van der Waals surface area contributed by atoms with Crippen molar-refractivity contribution in [3.8, 4) is 5.95 Å². The van der Waals surface area contributed by atoms with Crippen molar-refractivity contribution in [1.29, 1.82) is 0 Å². The Balaban J connectivity index is 1.90. The molecule has 0 bridgehead atoms. The Morgan fingerprint density at radius 2 is 2.16 bits per heavy atom. The van der Waals surface area contributed by atoms with E-state index in [-0.39, 0.29) is 0 Å². The molecule has 1 aliphatic rings. The van der Waals surface area contributed by atoms with Gasteiger partial charge in [-0.2, -0.15) is 0 Å². The zero-order valence-electron chi connectivity index (χ0n) is 10.2. The van der Waals surface area contributed by atoms with E-state index in [1.807, 2.05) is 41.4 Å². The highest BCUT2D eigenvalue weighted by Gasteiger charge is 2.11. The first-order valence-corrected chi connectivity index (χ1v) is 6.20. The normalized spacial score (nSPS) is 13.7. The second kappa shape index (κ2) is 3.98. The van der Waals surface area contributed by atoms with E-state index in [0.29, 0.717) is 5.95 Å². The third-order valence-corrected chi connectivity index (χ3v) is 3.27. The Morgan fingerprint density at radius 3 is 3.16 bits per heavy atom. The van der Waals surface area contributed by atoms with Crippen LogP contribution in [0.25, 0.3) is 17.0 Å². The first-order valence-electron chi connectivity index (χ1n) is 6.20. The van der Waals surface area contributed by atoms with Crippen LogP contribution in [0.1, 0.15) is 11.3 Å². The van der Waals surface area contributed by atoms with Gasteiger partial charge in [0.2, 0.25) is 5.95 Å². The first-order chi connectivity index (χ1) is 9.42. The highest BCUT2D eigenvalue weighted by Crippen LogP contribution is 2.17. The molecule has 0 radical (unpaired) electrons. The predicted molar refractivity (Wildman–Crippen MR) is 72.8 cm³/mol. The van der Waals surface area contributed by atoms with Gasteiger partial charge in [-0.3, -0.25) is 14.5 Å². The number of aromatic nitrogens is 4. The summed E-state index contributed by atoms with van der Waals surface area (Å²) >= 11 is 0. The number of fused-ring (bicyclic) bond motifs is 2. The van der Waals surface area contributed by atoms with Crippen molar-refractivity contribution in [2.75, 3.05) is 6.54 Å². The summed E-state index contributed by atoms with van der Waals surface area (Å²) in [6.07, 6.45) is 8.30. The molecule has 92 valence electrons. The quantitative estimate of drug-likeness (QED) is 0.660. The second-order valence-corrected chi connectivity index (χ2v) is 4.45. The van der Waals surface area contributed by atoms with E-state index in [0.717, 1.165) is 35.3 Å². The number of pyridine rings is 1. The summed E-state index contributed by atoms with van der Waals surface area (Å²) in [4.78, 5) is 17.6. The van der Waals surface area contributed by atoms with E-state index in [2.05, 4.69) is 19.9 Å². The molecule has 0 amide bonds. The average molecular weight is 249 g/mol. The molecule has 5 nitrogen and oxygen atoms in total. The van der Waals surface area contributed by atoms with E-state index in [4.69, 9.17) is 0 Å². The summed E-state index contributed by atoms with van der Waals surface area (Å²) in [7, 11) is 0. The zero-order chi connectivity index (χ0) is 12.7. The lowest BCUT2D eigenvalue weighted by molar-refractivity contribution is 0.857. The van der Waals surface area contributed by atoms with Crippen LogP contribution < -0.4 is 0 Å². The van der Waals surface area contributed by atoms with E-state index in [9.17, 15) is 0 Å². The van der Waals surface area contributed by atoms with Gasteiger partial charge in [0.25, 0.3) is 0 Å². The predicted octanol–water partition coefficient (Wildman–Crippen LogP) is 1.79. The SMILES string of the molecule is C1=NCCc2nc(-n3ccc4ncccc43)ncc21. The number of nitrogens with zero attached hydrogens (tertiary/aromatic N) is 5. The average Bonchev–Trinajstić information content (AvgIpc) is 2.91. The van der Waals surface area contributed by atoms with Crippen molar-refractivity contribution in [1.82, 2.24) is 19.5 Å². The summed E-state index contributed by atoms with van der Waals surface area (Å²) in [5.74, 6) is 0.692. The summed E-state index contributed by atoms with van der Waals surface area (Å²) in [6.45, 7) is 0.803. The Kier molecular flexibility index (Phi) is 2.17. The van der Waals surface area contributed by atoms with Gasteiger partial charge in [-0.1, -0.05) is 0 Å². The molecule has 0 saturated carbocycles. The minimum Gasteiger partial charge on any atom is -0.292 e. The van der Waals surface area contributed by atoms with Crippen LogP contribution in [-0.4, -0.2) is 32.3 Å². The summed E-state index contributed by atoms with van der Waals surface area (Å²) in [5, 5.41) is 0. The van der Waals surface area contributed by atoms with E-state index in [1.54, 1.807) is 6.20 Å². The van der Waals surface area contributed by atoms with Gasteiger partial charge in [0, 0.05) is 43.3 Å². The second-order valence-electron chi connectivity index (χ2n) is 4.45. The van der Waals surface area contributed by atoms with Crippen LogP contribution in [0.5, 0.6) is 0 Å². The Hall–Kier alpha value is -2.56. The zero-order valence-corrected chi connectivity index (χ0v) is 10.2. The molecule has 1 aliphatic heterocycles. The molecule has 0 spiro atoms. The molecule has 0 aromatic carbocycles. The van der Waals surface area contributed by atoms with Gasteiger partial charge >= 0.3 is 0 Å². The van der Waals surface area contributed by atoms with Crippen LogP contribution in [0.2, 0.25) is 0 Å². The summed E-state index contributed by atoms with van der Waals surface area (Å²) in [6, 6.07) is 5.91. The molecule has 0 fully saturated rings. The lowest BCUT2D eigenvalue weighted by Crippen LogP contribution is -2.10. The van der Waals surface area contributed by atoms with E-state index < -0.39 is 0 Å². The standard InChI is InChI=1S/C14H11N5/c1-2-13-12(16-5-1)4-7-19(13)14-17-9-10-8-15-6-3-11(10)18-14/h1-2,4-5,7-9H,3,6H2. The molecule has 0 saturated heterocycles. The molecule has 0 atom stereocenters. The summed E-state index contributed by atoms with van der Waals surface area (Å²) in [5.41, 5.74) is 4.05. The molecule has 4 heterocycles. The Bertz CT molecular complexity index is 787. The van der Waals surface area contributed by atoms with Crippen molar-refractivity contribution in [3.05, 3.63) is 48.0 Å². The third kappa shape index (κ3) is 1.62. The van der Waals surface area contributed by atoms with Crippen molar-refractivity contribution in [3.63, 3.8) is 0 Å². The maximum atomic E-state index is 4.64. The Labute approximate surface area is 109 Å². The van der Waals surface area contributed by atoms with Crippen LogP contribution >= 0.6 is 0 Å². The minimum absolute atomic E-state index is 0.692. The lowest BCUT2D eigenvalue weighted by atomic mass is 10.1. The maximum absolute atomic E-state index is 4.64. The summed E-state index contributed by atoms with van der Waals surface area (Å²) < 4.78 is 1.97. The van der Waals surface area contributed by atoms with Crippen LogP contribution in [0, 0.1) is 0 Å². The van der Waals surface area contributed by atoms with Gasteiger partial charge in [-0.15, -0.1) is 0 Å². The smallest absolute Gasteiger partial charge is 0.234 e. The third-order valence-electron chi connectivity index (χ3n) is 3.27. The molecule has 3 aromatic heterocycles. The maximum Gasteiger partial charge on any atom is 0.234 e. The molecule has 0 N–H and O–H groups in total. The van der Waals surface area contributed by atoms with Gasteiger partial charge in [0.15, 0.2) is 0 Å². The molecule has 3 aromatic rings. The number of rotatable bonds is 1. The van der Waals surface area contributed by atoms with Gasteiger partial charge in [0.05, 0.1) is 16.7 Å². The van der Waals surface area contributed by atoms with Crippen LogP contribution in [0.15, 0.2) is 41.8 Å². The minimum atomic E-state index is 0.692. The number of hydrogen-bond acceptors (Lipinski definition) is 4. The van der Waals surface area contributed by atoms with E-state index in [1.165, 1.54) is 0 Å². The number of aliphatic imine (C=N–C) groups is 1. The highest BCUT2D eigenvalue weighted by atomic mass is 15.1. The van der Waals surface area contributed by atoms with Crippen LogP contribution in [0.3, 0.4) is 0 Å². The molecular formula is C14H11N5. The fourth-order valence-corrected chi connectivity index (χ4v) is 2.31. The Morgan fingerprint density at radius 1 is 1.16 bits per heavy atom. The molecule has 19 heavy (non-hydrogen) atoms. The molecule has 0 unspecified atom stereocenters. The highest BCUT2D eigenvalue weighted by molar-refractivity contribution is 5.82. The van der Waals surface area contributed by atoms with Crippen molar-refractivity contribution in [2.24, 2.45) is 4.99 Å². The lowest BCUT2D eigenvalue weighted by Gasteiger charge is -2.10. The monoisotopic (exact) mass is 249 g/mol. The van der Waals surface area contributed by atoms with E-state index >= 15 is 0 Å². The van der Waals surface area contributed by atoms with Crippen molar-refractivity contribution < 1.29 is 0 Å². The fraction of sp³-hybridized carbons (Fsp3) is 0.143. The van der Waals surface area contributed by atoms with Gasteiger partial charge in [-0.05, 0) is 18.2 Å². The van der Waals surface area contributed by atoms with Crippen LogP contribution in [0.4, 0.5) is 0 Å². The molecular weight excluding hydrogens is 238 g/mol. The van der Waals surface area contributed by atoms with Gasteiger partial charge < -0.3 is 0 Å². The largest absolute Gasteiger partial charge is 0.292 e.